The summed E-state index contributed by atoms with van der Waals surface area (Å²) in [4.78, 5) is 28.7. The average Bonchev–Trinajstić information content (AvgIpc) is 2.96. The largest absolute Gasteiger partial charge is 0.506 e. The summed E-state index contributed by atoms with van der Waals surface area (Å²) >= 11 is 4.46. The number of aliphatic hydroxyl groups excluding tert-OH is 1. The molecular weight excluding hydrogens is 462 g/mol. The third kappa shape index (κ3) is 5.42. The maximum atomic E-state index is 12.3. The highest BCUT2D eigenvalue weighted by Crippen LogP contribution is 2.41. The van der Waals surface area contributed by atoms with Gasteiger partial charge < -0.3 is 19.3 Å². The van der Waals surface area contributed by atoms with Crippen LogP contribution in [-0.4, -0.2) is 42.9 Å². The number of nitrogens with zero attached hydrogens (tertiary/aromatic N) is 1. The smallest absolute Gasteiger partial charge is 0.344 e. The van der Waals surface area contributed by atoms with Crippen LogP contribution >= 0.6 is 27.7 Å². The number of hydrogen-bond donors (Lipinski definition) is 1. The van der Waals surface area contributed by atoms with E-state index in [2.05, 4.69) is 20.9 Å². The van der Waals surface area contributed by atoms with Crippen LogP contribution in [0.1, 0.15) is 32.3 Å². The molecule has 7 nitrogen and oxygen atoms in total. The van der Waals surface area contributed by atoms with Crippen molar-refractivity contribution >= 4 is 50.7 Å². The van der Waals surface area contributed by atoms with Gasteiger partial charge in [0.05, 0.1) is 30.2 Å². The van der Waals surface area contributed by atoms with E-state index in [1.165, 1.54) is 14.2 Å². The number of methoxy groups -OCH3 is 2. The molecule has 1 amide bonds. The number of ether oxygens (including phenoxy) is 3. The Labute approximate surface area is 181 Å². The molecular formula is C20H22BrNO6S. The molecule has 1 aliphatic rings. The molecule has 0 bridgehead atoms. The number of hydrogen-bond acceptors (Lipinski definition) is 7. The van der Waals surface area contributed by atoms with Crippen molar-refractivity contribution in [3.63, 3.8) is 0 Å². The number of carbonyl (C=O) groups is 2. The molecule has 0 atom stereocenters. The number of benzene rings is 1. The Morgan fingerprint density at radius 3 is 2.55 bits per heavy atom. The summed E-state index contributed by atoms with van der Waals surface area (Å²) in [6.07, 6.45) is 2.55. The zero-order valence-electron chi connectivity index (χ0n) is 16.6. The Kier molecular flexibility index (Phi) is 8.33. The van der Waals surface area contributed by atoms with Gasteiger partial charge in [0, 0.05) is 6.42 Å². The summed E-state index contributed by atoms with van der Waals surface area (Å²) in [5.74, 6) is -0.328. The summed E-state index contributed by atoms with van der Waals surface area (Å²) in [6.45, 7) is 3.66. The predicted molar refractivity (Wildman–Crippen MR) is 116 cm³/mol. The van der Waals surface area contributed by atoms with Crippen molar-refractivity contribution in [1.82, 2.24) is 0 Å². The highest BCUT2D eigenvalue weighted by atomic mass is 79.9. The molecule has 0 spiro atoms. The lowest BCUT2D eigenvalue weighted by Crippen LogP contribution is -2.14. The van der Waals surface area contributed by atoms with Crippen LogP contribution in [0.15, 0.2) is 37.8 Å². The van der Waals surface area contributed by atoms with Crippen molar-refractivity contribution in [3.8, 4) is 11.5 Å². The fourth-order valence-electron chi connectivity index (χ4n) is 2.55. The van der Waals surface area contributed by atoms with E-state index >= 15 is 0 Å². The molecule has 1 aromatic rings. The van der Waals surface area contributed by atoms with E-state index in [9.17, 15) is 14.7 Å². The topological polar surface area (TPSA) is 94.4 Å². The quantitative estimate of drug-likeness (QED) is 0.563. The van der Waals surface area contributed by atoms with E-state index in [0.29, 0.717) is 32.9 Å². The molecule has 0 saturated carbocycles. The lowest BCUT2D eigenvalue weighted by Gasteiger charge is -2.10. The normalized spacial score (nSPS) is 16.4. The second-order valence-electron chi connectivity index (χ2n) is 5.85. The summed E-state index contributed by atoms with van der Waals surface area (Å²) in [7, 11) is 3.05. The minimum absolute atomic E-state index is 0.105. The number of thioether (sulfide) groups is 1. The van der Waals surface area contributed by atoms with Gasteiger partial charge >= 0.3 is 5.97 Å². The SMILES string of the molecule is CCCC(=O)N=C1S/C(=C\c2cc(Br)c(OC)c(OC)c2)C(O)=C1C(=O)OCC. The summed E-state index contributed by atoms with van der Waals surface area (Å²) in [5.41, 5.74) is 0.583. The molecule has 0 saturated heterocycles. The predicted octanol–water partition coefficient (Wildman–Crippen LogP) is 4.65. The van der Waals surface area contributed by atoms with Crippen molar-refractivity contribution < 1.29 is 28.9 Å². The maximum absolute atomic E-state index is 12.3. The zero-order valence-corrected chi connectivity index (χ0v) is 19.0. The van der Waals surface area contributed by atoms with Gasteiger partial charge in [-0.15, -0.1) is 0 Å². The summed E-state index contributed by atoms with van der Waals surface area (Å²) in [6, 6.07) is 3.51. The Balaban J connectivity index is 2.52. The summed E-state index contributed by atoms with van der Waals surface area (Å²) in [5, 5.41) is 10.8. The van der Waals surface area contributed by atoms with Gasteiger partial charge in [-0.3, -0.25) is 4.79 Å². The lowest BCUT2D eigenvalue weighted by atomic mass is 10.1. The Morgan fingerprint density at radius 1 is 1.24 bits per heavy atom. The fraction of sp³-hybridized carbons (Fsp3) is 0.350. The number of carbonyl (C=O) groups excluding carboxylic acids is 2. The van der Waals surface area contributed by atoms with Gasteiger partial charge in [0.15, 0.2) is 11.5 Å². The molecule has 1 aromatic carbocycles. The first-order valence-corrected chi connectivity index (χ1v) is 10.5. The minimum Gasteiger partial charge on any atom is -0.506 e. The van der Waals surface area contributed by atoms with E-state index in [-0.39, 0.29) is 35.3 Å². The van der Waals surface area contributed by atoms with Crippen LogP contribution in [0.3, 0.4) is 0 Å². The van der Waals surface area contributed by atoms with Crippen LogP contribution in [0.25, 0.3) is 6.08 Å². The van der Waals surface area contributed by atoms with Gasteiger partial charge in [-0.2, -0.15) is 0 Å². The average molecular weight is 484 g/mol. The van der Waals surface area contributed by atoms with Crippen LogP contribution in [-0.2, 0) is 14.3 Å². The number of halogens is 1. The molecule has 2 rings (SSSR count). The second-order valence-corrected chi connectivity index (χ2v) is 7.74. The maximum Gasteiger partial charge on any atom is 0.344 e. The van der Waals surface area contributed by atoms with Gasteiger partial charge in [0.25, 0.3) is 0 Å². The van der Waals surface area contributed by atoms with E-state index in [1.807, 2.05) is 6.92 Å². The molecule has 0 aromatic heterocycles. The number of amides is 1. The van der Waals surface area contributed by atoms with Crippen molar-refractivity contribution in [2.24, 2.45) is 4.99 Å². The van der Waals surface area contributed by atoms with Crippen molar-refractivity contribution in [3.05, 3.63) is 38.4 Å². The number of aliphatic imine (C=N–C) groups is 1. The molecule has 0 fully saturated rings. The minimum atomic E-state index is -0.725. The number of esters is 1. The Hall–Kier alpha value is -2.26. The van der Waals surface area contributed by atoms with Crippen LogP contribution in [0.5, 0.6) is 11.5 Å². The molecule has 1 N–H and O–H groups in total. The molecule has 9 heteroatoms. The highest BCUT2D eigenvalue weighted by molar-refractivity contribution is 9.10. The zero-order chi connectivity index (χ0) is 21.6. The number of aliphatic hydroxyl groups is 1. The fourth-order valence-corrected chi connectivity index (χ4v) is 4.20. The van der Waals surface area contributed by atoms with Gasteiger partial charge in [-0.1, -0.05) is 18.7 Å². The van der Waals surface area contributed by atoms with Crippen molar-refractivity contribution in [1.29, 1.82) is 0 Å². The third-order valence-electron chi connectivity index (χ3n) is 3.81. The van der Waals surface area contributed by atoms with Crippen LogP contribution < -0.4 is 9.47 Å². The second kappa shape index (κ2) is 10.5. The van der Waals surface area contributed by atoms with Gasteiger partial charge in [0.2, 0.25) is 5.91 Å². The molecule has 1 aliphatic heterocycles. The molecule has 0 aliphatic carbocycles. The van der Waals surface area contributed by atoms with Crippen LogP contribution in [0.2, 0.25) is 0 Å². The Morgan fingerprint density at radius 2 is 1.97 bits per heavy atom. The first-order chi connectivity index (χ1) is 13.9. The standard InChI is InChI=1S/C20H22BrNO6S/c1-5-7-15(23)22-19-16(20(25)28-6-2)17(24)14(29-19)10-11-8-12(21)18(27-4)13(9-11)26-3/h8-10,24H,5-7H2,1-4H3/b14-10-,22-19?. The molecule has 1 heterocycles. The third-order valence-corrected chi connectivity index (χ3v) is 5.42. The first kappa shape index (κ1) is 23.0. The molecule has 0 radical (unpaired) electrons. The molecule has 0 unspecified atom stereocenters. The van der Waals surface area contributed by atoms with E-state index in [4.69, 9.17) is 14.2 Å². The molecule has 156 valence electrons. The van der Waals surface area contributed by atoms with E-state index in [1.54, 1.807) is 25.1 Å². The van der Waals surface area contributed by atoms with Crippen LogP contribution in [0, 0.1) is 0 Å². The van der Waals surface area contributed by atoms with Crippen LogP contribution in [0.4, 0.5) is 0 Å². The first-order valence-electron chi connectivity index (χ1n) is 8.89. The monoisotopic (exact) mass is 483 g/mol. The van der Waals surface area contributed by atoms with Gasteiger partial charge in [0.1, 0.15) is 16.4 Å². The van der Waals surface area contributed by atoms with E-state index in [0.717, 1.165) is 11.8 Å². The Bertz CT molecular complexity index is 906. The summed E-state index contributed by atoms with van der Waals surface area (Å²) < 4.78 is 16.3. The van der Waals surface area contributed by atoms with Gasteiger partial charge in [-0.25, -0.2) is 9.79 Å². The lowest BCUT2D eigenvalue weighted by molar-refractivity contribution is -0.138. The number of rotatable bonds is 7. The van der Waals surface area contributed by atoms with E-state index < -0.39 is 5.97 Å². The van der Waals surface area contributed by atoms with Crippen molar-refractivity contribution in [2.45, 2.75) is 26.7 Å². The highest BCUT2D eigenvalue weighted by Gasteiger charge is 2.33. The van der Waals surface area contributed by atoms with Crippen molar-refractivity contribution in [2.75, 3.05) is 20.8 Å². The molecule has 29 heavy (non-hydrogen) atoms. The van der Waals surface area contributed by atoms with Gasteiger partial charge in [-0.05, 0) is 53.0 Å².